The van der Waals surface area contributed by atoms with Crippen molar-refractivity contribution in [2.75, 3.05) is 26.2 Å². The molecule has 2 fully saturated rings. The average molecular weight is 350 g/mol. The maximum absolute atomic E-state index is 4.24. The summed E-state index contributed by atoms with van der Waals surface area (Å²) in [5.41, 5.74) is 2.88. The molecule has 2 atom stereocenters. The Kier molecular flexibility index (Phi) is 5.98. The summed E-state index contributed by atoms with van der Waals surface area (Å²) < 4.78 is 0. The van der Waals surface area contributed by atoms with Crippen LogP contribution in [-0.2, 0) is 6.54 Å². The number of pyridine rings is 1. The summed E-state index contributed by atoms with van der Waals surface area (Å²) in [5, 5.41) is 0. The van der Waals surface area contributed by atoms with Gasteiger partial charge in [-0.15, -0.1) is 0 Å². The number of hydrogen-bond donors (Lipinski definition) is 0. The number of hydrogen-bond acceptors (Lipinski definition) is 3. The van der Waals surface area contributed by atoms with Crippen LogP contribution < -0.4 is 0 Å². The van der Waals surface area contributed by atoms with Crippen LogP contribution in [0.5, 0.6) is 0 Å². The zero-order chi connectivity index (χ0) is 17.6. The predicted molar refractivity (Wildman–Crippen MR) is 107 cm³/mol. The molecule has 0 unspecified atom stereocenters. The van der Waals surface area contributed by atoms with Gasteiger partial charge in [-0.25, -0.2) is 0 Å². The first-order chi connectivity index (χ1) is 12.9. The Morgan fingerprint density at radius 2 is 1.69 bits per heavy atom. The molecule has 3 heteroatoms. The minimum atomic E-state index is 0.771. The summed E-state index contributed by atoms with van der Waals surface area (Å²) in [6.45, 7) is 5.87. The Bertz CT molecular complexity index is 650. The molecule has 1 aliphatic carbocycles. The topological polar surface area (TPSA) is 19.4 Å². The Labute approximate surface area is 158 Å². The predicted octanol–water partition coefficient (Wildman–Crippen LogP) is 4.32. The van der Waals surface area contributed by atoms with E-state index in [9.17, 15) is 0 Å². The van der Waals surface area contributed by atoms with Crippen LogP contribution in [0.25, 0.3) is 0 Å². The van der Waals surface area contributed by atoms with Crippen molar-refractivity contribution < 1.29 is 0 Å². The van der Waals surface area contributed by atoms with Crippen molar-refractivity contribution in [2.24, 2.45) is 0 Å². The van der Waals surface area contributed by atoms with Gasteiger partial charge in [0.25, 0.3) is 0 Å². The minimum absolute atomic E-state index is 0.771. The van der Waals surface area contributed by atoms with E-state index in [1.807, 2.05) is 18.5 Å². The first-order valence-electron chi connectivity index (χ1n) is 10.3. The molecule has 3 nitrogen and oxygen atoms in total. The smallest absolute Gasteiger partial charge is 0.0312 e. The molecule has 138 valence electrons. The zero-order valence-corrected chi connectivity index (χ0v) is 15.8. The molecule has 2 heterocycles. The summed E-state index contributed by atoms with van der Waals surface area (Å²) in [7, 11) is 0. The molecule has 2 aromatic rings. The number of rotatable bonds is 4. The largest absolute Gasteiger partial charge is 0.298 e. The maximum Gasteiger partial charge on any atom is 0.0312 e. The van der Waals surface area contributed by atoms with E-state index in [0.717, 1.165) is 18.5 Å². The van der Waals surface area contributed by atoms with Crippen LogP contribution >= 0.6 is 0 Å². The summed E-state index contributed by atoms with van der Waals surface area (Å²) in [6, 6.07) is 16.2. The standard InChI is InChI=1S/C23H31N3/c1-2-7-21(8-3-1)22-9-4-10-23(12-11-22)26-16-14-25(15-17-26)19-20-6-5-13-24-18-20/h1-3,5-8,13,18,22-23H,4,9-12,14-17,19H2/t22-,23-/m0/s1. The van der Waals surface area contributed by atoms with Crippen LogP contribution in [0.4, 0.5) is 0 Å². The Balaban J connectivity index is 1.27. The van der Waals surface area contributed by atoms with Gasteiger partial charge in [0.1, 0.15) is 0 Å². The molecule has 1 saturated carbocycles. The molecule has 0 bridgehead atoms. The Hall–Kier alpha value is -1.71. The molecule has 1 saturated heterocycles. The third kappa shape index (κ3) is 4.52. The van der Waals surface area contributed by atoms with Gasteiger partial charge in [-0.1, -0.05) is 42.8 Å². The van der Waals surface area contributed by atoms with Gasteiger partial charge < -0.3 is 0 Å². The van der Waals surface area contributed by atoms with Crippen LogP contribution in [0.1, 0.15) is 49.1 Å². The zero-order valence-electron chi connectivity index (χ0n) is 15.8. The molecule has 0 radical (unpaired) electrons. The second-order valence-electron chi connectivity index (χ2n) is 7.94. The van der Waals surface area contributed by atoms with Gasteiger partial charge in [0.15, 0.2) is 0 Å². The van der Waals surface area contributed by atoms with E-state index in [1.165, 1.54) is 63.8 Å². The van der Waals surface area contributed by atoms with Gasteiger partial charge in [-0.2, -0.15) is 0 Å². The van der Waals surface area contributed by atoms with Gasteiger partial charge >= 0.3 is 0 Å². The Morgan fingerprint density at radius 1 is 0.846 bits per heavy atom. The minimum Gasteiger partial charge on any atom is -0.298 e. The highest BCUT2D eigenvalue weighted by molar-refractivity contribution is 5.19. The van der Waals surface area contributed by atoms with E-state index in [2.05, 4.69) is 51.2 Å². The highest BCUT2D eigenvalue weighted by Gasteiger charge is 2.27. The van der Waals surface area contributed by atoms with E-state index in [1.54, 1.807) is 5.56 Å². The lowest BCUT2D eigenvalue weighted by molar-refractivity contribution is 0.0849. The fourth-order valence-electron chi connectivity index (χ4n) is 4.74. The number of nitrogens with zero attached hydrogens (tertiary/aromatic N) is 3. The van der Waals surface area contributed by atoms with Crippen LogP contribution in [0, 0.1) is 0 Å². The maximum atomic E-state index is 4.24. The number of aromatic nitrogens is 1. The van der Waals surface area contributed by atoms with E-state index < -0.39 is 0 Å². The lowest BCUT2D eigenvalue weighted by Gasteiger charge is -2.39. The molecular formula is C23H31N3. The first kappa shape index (κ1) is 17.7. The van der Waals surface area contributed by atoms with E-state index in [-0.39, 0.29) is 0 Å². The molecule has 1 aromatic heterocycles. The van der Waals surface area contributed by atoms with Crippen molar-refractivity contribution in [3.63, 3.8) is 0 Å². The lowest BCUT2D eigenvalue weighted by atomic mass is 9.92. The van der Waals surface area contributed by atoms with Crippen molar-refractivity contribution in [1.29, 1.82) is 0 Å². The normalized spacial score (nSPS) is 25.7. The second-order valence-corrected chi connectivity index (χ2v) is 7.94. The van der Waals surface area contributed by atoms with Crippen LogP contribution in [0.2, 0.25) is 0 Å². The van der Waals surface area contributed by atoms with Crippen molar-refractivity contribution in [3.8, 4) is 0 Å². The first-order valence-corrected chi connectivity index (χ1v) is 10.3. The molecule has 2 aliphatic rings. The van der Waals surface area contributed by atoms with E-state index in [4.69, 9.17) is 0 Å². The van der Waals surface area contributed by atoms with Gasteiger partial charge in [0, 0.05) is 51.2 Å². The van der Waals surface area contributed by atoms with Gasteiger partial charge in [-0.05, 0) is 48.8 Å². The fourth-order valence-corrected chi connectivity index (χ4v) is 4.74. The number of piperazine rings is 1. The second kappa shape index (κ2) is 8.79. The summed E-state index contributed by atoms with van der Waals surface area (Å²) in [5.74, 6) is 0.771. The van der Waals surface area contributed by atoms with Crippen molar-refractivity contribution >= 4 is 0 Å². The highest BCUT2D eigenvalue weighted by Crippen LogP contribution is 2.33. The molecule has 26 heavy (non-hydrogen) atoms. The third-order valence-corrected chi connectivity index (χ3v) is 6.26. The average Bonchev–Trinajstić information content (AvgIpc) is 2.96. The molecule has 4 rings (SSSR count). The summed E-state index contributed by atoms with van der Waals surface area (Å²) in [6.07, 6.45) is 10.7. The third-order valence-electron chi connectivity index (χ3n) is 6.26. The van der Waals surface area contributed by atoms with Crippen LogP contribution in [0.3, 0.4) is 0 Å². The van der Waals surface area contributed by atoms with Crippen molar-refractivity contribution in [1.82, 2.24) is 14.8 Å². The van der Waals surface area contributed by atoms with Gasteiger partial charge in [-0.3, -0.25) is 14.8 Å². The fraction of sp³-hybridized carbons (Fsp3) is 0.522. The van der Waals surface area contributed by atoms with Crippen LogP contribution in [-0.4, -0.2) is 47.0 Å². The van der Waals surface area contributed by atoms with E-state index >= 15 is 0 Å². The summed E-state index contributed by atoms with van der Waals surface area (Å²) in [4.78, 5) is 9.60. The lowest BCUT2D eigenvalue weighted by Crippen LogP contribution is -2.49. The molecule has 1 aromatic carbocycles. The van der Waals surface area contributed by atoms with Gasteiger partial charge in [0.2, 0.25) is 0 Å². The Morgan fingerprint density at radius 3 is 2.46 bits per heavy atom. The summed E-state index contributed by atoms with van der Waals surface area (Å²) >= 11 is 0. The molecule has 0 spiro atoms. The molecule has 1 aliphatic heterocycles. The SMILES string of the molecule is c1ccc([C@H]2CCC[C@H](N3CCN(Cc4cccnc4)CC3)CC2)cc1. The van der Waals surface area contributed by atoms with E-state index in [0.29, 0.717) is 0 Å². The molecule has 0 amide bonds. The quantitative estimate of drug-likeness (QED) is 0.767. The molecule has 0 N–H and O–H groups in total. The van der Waals surface area contributed by atoms with Crippen molar-refractivity contribution in [3.05, 3.63) is 66.0 Å². The highest BCUT2D eigenvalue weighted by atomic mass is 15.3. The van der Waals surface area contributed by atoms with Crippen LogP contribution in [0.15, 0.2) is 54.9 Å². The molecular weight excluding hydrogens is 318 g/mol. The number of benzene rings is 1. The van der Waals surface area contributed by atoms with Crippen molar-refractivity contribution in [2.45, 2.75) is 50.6 Å². The van der Waals surface area contributed by atoms with Gasteiger partial charge in [0.05, 0.1) is 0 Å². The monoisotopic (exact) mass is 349 g/mol.